The van der Waals surface area contributed by atoms with E-state index in [1.165, 1.54) is 0 Å². The van der Waals surface area contributed by atoms with E-state index in [0.717, 1.165) is 25.9 Å². The average Bonchev–Trinajstić information content (AvgIpc) is 2.05. The van der Waals surface area contributed by atoms with Crippen LogP contribution in [-0.4, -0.2) is 37.1 Å². The van der Waals surface area contributed by atoms with Crippen LogP contribution in [0.1, 0.15) is 19.8 Å². The van der Waals surface area contributed by atoms with Gasteiger partial charge in [0, 0.05) is 25.8 Å². The molecule has 1 rings (SSSR count). The number of hydrogen-bond acceptors (Lipinski definition) is 3. The molecule has 0 spiro atoms. The van der Waals surface area contributed by atoms with Crippen molar-refractivity contribution in [3.8, 4) is 0 Å². The van der Waals surface area contributed by atoms with Gasteiger partial charge in [0.1, 0.15) is 0 Å². The summed E-state index contributed by atoms with van der Waals surface area (Å²) in [4.78, 5) is 0. The fourth-order valence-corrected chi connectivity index (χ4v) is 3.17. The summed E-state index contributed by atoms with van der Waals surface area (Å²) >= 11 is 0. The van der Waals surface area contributed by atoms with Crippen LogP contribution in [0.2, 0.25) is 0 Å². The Bertz CT molecular complexity index is 202. The lowest BCUT2D eigenvalue weighted by Gasteiger charge is -2.33. The van der Waals surface area contributed by atoms with Gasteiger partial charge < -0.3 is 10.3 Å². The molecule has 1 heterocycles. The minimum absolute atomic E-state index is 0.276. The fourth-order valence-electron chi connectivity index (χ4n) is 1.57. The molecule has 1 aliphatic rings. The molecule has 0 aromatic carbocycles. The smallest absolute Gasteiger partial charge is 0.269 e. The SMILES string of the molecule is CCOP(C)(=O)N1CCC(N)CC1. The van der Waals surface area contributed by atoms with E-state index in [-0.39, 0.29) is 6.04 Å². The molecule has 4 nitrogen and oxygen atoms in total. The van der Waals surface area contributed by atoms with E-state index >= 15 is 0 Å². The van der Waals surface area contributed by atoms with E-state index in [4.69, 9.17) is 10.3 Å². The highest BCUT2D eigenvalue weighted by atomic mass is 31.2. The largest absolute Gasteiger partial charge is 0.328 e. The normalized spacial score (nSPS) is 25.8. The highest BCUT2D eigenvalue weighted by Crippen LogP contribution is 2.47. The van der Waals surface area contributed by atoms with Crippen LogP contribution in [0.15, 0.2) is 0 Å². The van der Waals surface area contributed by atoms with Gasteiger partial charge in [-0.15, -0.1) is 0 Å². The second-order valence-electron chi connectivity index (χ2n) is 3.51. The first-order valence-corrected chi connectivity index (χ1v) is 6.82. The Labute approximate surface area is 79.9 Å². The number of nitrogens with two attached hydrogens (primary N) is 1. The highest BCUT2D eigenvalue weighted by molar-refractivity contribution is 7.55. The summed E-state index contributed by atoms with van der Waals surface area (Å²) in [5.74, 6) is 0. The van der Waals surface area contributed by atoms with Gasteiger partial charge in [0.25, 0.3) is 7.52 Å². The van der Waals surface area contributed by atoms with Gasteiger partial charge in [-0.2, -0.15) is 0 Å². The van der Waals surface area contributed by atoms with Crippen molar-refractivity contribution < 1.29 is 9.09 Å². The van der Waals surface area contributed by atoms with Crippen molar-refractivity contribution >= 4 is 7.52 Å². The van der Waals surface area contributed by atoms with Crippen molar-refractivity contribution in [1.29, 1.82) is 0 Å². The first-order chi connectivity index (χ1) is 6.06. The summed E-state index contributed by atoms with van der Waals surface area (Å²) in [6.45, 7) is 5.67. The molecule has 1 atom stereocenters. The molecule has 0 bridgehead atoms. The predicted molar refractivity (Wildman–Crippen MR) is 53.9 cm³/mol. The molecule has 0 amide bonds. The van der Waals surface area contributed by atoms with Crippen LogP contribution in [0.3, 0.4) is 0 Å². The Morgan fingerprint density at radius 2 is 2.08 bits per heavy atom. The number of nitrogens with zero attached hydrogens (tertiary/aromatic N) is 1. The summed E-state index contributed by atoms with van der Waals surface area (Å²) in [6, 6.07) is 0.276. The molecule has 1 fully saturated rings. The Balaban J connectivity index is 2.48. The summed E-state index contributed by atoms with van der Waals surface area (Å²) in [6.07, 6.45) is 1.84. The van der Waals surface area contributed by atoms with E-state index in [0.29, 0.717) is 6.61 Å². The maximum atomic E-state index is 11.9. The third-order valence-corrected chi connectivity index (χ3v) is 4.56. The van der Waals surface area contributed by atoms with Gasteiger partial charge >= 0.3 is 0 Å². The monoisotopic (exact) mass is 206 g/mol. The van der Waals surface area contributed by atoms with Gasteiger partial charge in [-0.25, -0.2) is 4.67 Å². The third-order valence-electron chi connectivity index (χ3n) is 2.40. The zero-order chi connectivity index (χ0) is 9.90. The van der Waals surface area contributed by atoms with Gasteiger partial charge in [0.05, 0.1) is 6.61 Å². The van der Waals surface area contributed by atoms with Gasteiger partial charge in [-0.1, -0.05) is 0 Å². The van der Waals surface area contributed by atoms with Gasteiger partial charge in [0.2, 0.25) is 0 Å². The van der Waals surface area contributed by atoms with E-state index < -0.39 is 7.52 Å². The molecule has 0 aromatic rings. The van der Waals surface area contributed by atoms with Crippen LogP contribution in [0, 0.1) is 0 Å². The second kappa shape index (κ2) is 4.56. The van der Waals surface area contributed by atoms with E-state index in [9.17, 15) is 4.57 Å². The molecule has 1 aliphatic heterocycles. The van der Waals surface area contributed by atoms with Crippen molar-refractivity contribution in [3.63, 3.8) is 0 Å². The van der Waals surface area contributed by atoms with Crippen LogP contribution in [0.25, 0.3) is 0 Å². The molecule has 78 valence electrons. The second-order valence-corrected chi connectivity index (χ2v) is 5.94. The number of hydrogen-bond donors (Lipinski definition) is 1. The van der Waals surface area contributed by atoms with E-state index in [1.54, 1.807) is 6.66 Å². The van der Waals surface area contributed by atoms with Gasteiger partial charge in [-0.3, -0.25) is 4.57 Å². The van der Waals surface area contributed by atoms with Gasteiger partial charge in [-0.05, 0) is 19.8 Å². The minimum atomic E-state index is -2.52. The Kier molecular flexibility index (Phi) is 3.92. The van der Waals surface area contributed by atoms with Crippen LogP contribution >= 0.6 is 7.52 Å². The van der Waals surface area contributed by atoms with Crippen molar-refractivity contribution in [3.05, 3.63) is 0 Å². The van der Waals surface area contributed by atoms with Crippen molar-refractivity contribution in [2.75, 3.05) is 26.4 Å². The summed E-state index contributed by atoms with van der Waals surface area (Å²) in [5.41, 5.74) is 5.76. The maximum absolute atomic E-state index is 11.9. The molecule has 1 saturated heterocycles. The molecular formula is C8H19N2O2P. The standard InChI is InChI=1S/C8H19N2O2P/c1-3-12-13(2,11)10-6-4-8(9)5-7-10/h8H,3-7,9H2,1-2H3. The molecule has 0 aliphatic carbocycles. The lowest BCUT2D eigenvalue weighted by molar-refractivity contribution is 0.246. The quantitative estimate of drug-likeness (QED) is 0.706. The maximum Gasteiger partial charge on any atom is 0.269 e. The number of rotatable bonds is 3. The minimum Gasteiger partial charge on any atom is -0.328 e. The fraction of sp³-hybridized carbons (Fsp3) is 1.00. The van der Waals surface area contributed by atoms with Crippen molar-refractivity contribution in [1.82, 2.24) is 4.67 Å². The van der Waals surface area contributed by atoms with Crippen LogP contribution in [0.4, 0.5) is 0 Å². The molecule has 13 heavy (non-hydrogen) atoms. The molecule has 2 N–H and O–H groups in total. The van der Waals surface area contributed by atoms with Gasteiger partial charge in [0.15, 0.2) is 0 Å². The van der Waals surface area contributed by atoms with Crippen LogP contribution < -0.4 is 5.73 Å². The molecular weight excluding hydrogens is 187 g/mol. The first-order valence-electron chi connectivity index (χ1n) is 4.79. The number of piperidine rings is 1. The molecule has 5 heteroatoms. The zero-order valence-electron chi connectivity index (χ0n) is 8.40. The third kappa shape index (κ3) is 3.06. The average molecular weight is 206 g/mol. The Morgan fingerprint density at radius 1 is 1.54 bits per heavy atom. The summed E-state index contributed by atoms with van der Waals surface area (Å²) in [5, 5.41) is 0. The molecule has 0 aromatic heterocycles. The molecule has 1 unspecified atom stereocenters. The zero-order valence-corrected chi connectivity index (χ0v) is 9.30. The predicted octanol–water partition coefficient (Wildman–Crippen LogP) is 1.27. The Hall–Kier alpha value is 0.110. The lowest BCUT2D eigenvalue weighted by atomic mass is 10.1. The summed E-state index contributed by atoms with van der Waals surface area (Å²) in [7, 11) is -2.52. The van der Waals surface area contributed by atoms with Crippen LogP contribution in [-0.2, 0) is 9.09 Å². The molecule has 0 saturated carbocycles. The van der Waals surface area contributed by atoms with Crippen molar-refractivity contribution in [2.24, 2.45) is 5.73 Å². The Morgan fingerprint density at radius 3 is 2.54 bits per heavy atom. The van der Waals surface area contributed by atoms with Crippen LogP contribution in [0.5, 0.6) is 0 Å². The topological polar surface area (TPSA) is 55.6 Å². The van der Waals surface area contributed by atoms with Crippen molar-refractivity contribution in [2.45, 2.75) is 25.8 Å². The van der Waals surface area contributed by atoms with E-state index in [2.05, 4.69) is 0 Å². The highest BCUT2D eigenvalue weighted by Gasteiger charge is 2.28. The summed E-state index contributed by atoms with van der Waals surface area (Å²) < 4.78 is 19.1. The van der Waals surface area contributed by atoms with E-state index in [1.807, 2.05) is 11.6 Å². The first kappa shape index (κ1) is 11.2. The molecule has 0 radical (unpaired) electrons. The lowest BCUT2D eigenvalue weighted by Crippen LogP contribution is -2.38.